The predicted octanol–water partition coefficient (Wildman–Crippen LogP) is 1.25. The van der Waals surface area contributed by atoms with Gasteiger partial charge >= 0.3 is 0 Å². The van der Waals surface area contributed by atoms with Gasteiger partial charge in [-0.15, -0.1) is 0 Å². The van der Waals surface area contributed by atoms with Gasteiger partial charge in [-0.25, -0.2) is 4.98 Å². The van der Waals surface area contributed by atoms with E-state index in [0.29, 0.717) is 0 Å². The summed E-state index contributed by atoms with van der Waals surface area (Å²) < 4.78 is 1.76. The van der Waals surface area contributed by atoms with Crippen LogP contribution in [0.1, 0.15) is 5.85 Å². The first-order valence-electron chi connectivity index (χ1n) is 3.67. The lowest BCUT2D eigenvalue weighted by Gasteiger charge is -2.24. The summed E-state index contributed by atoms with van der Waals surface area (Å²) in [5.41, 5.74) is 0. The first kappa shape index (κ1) is 8.48. The average molecular weight is 170 g/mol. The summed E-state index contributed by atoms with van der Waals surface area (Å²) in [6.07, 6.45) is 5.13. The minimum absolute atomic E-state index is 0.356. The Labute approximate surface area is 67.7 Å². The zero-order chi connectivity index (χ0) is 8.48. The topological polar surface area (TPSA) is 38.0 Å². The summed E-state index contributed by atoms with van der Waals surface area (Å²) in [6.45, 7) is 6.37. The second-order valence-electron chi connectivity index (χ2n) is 3.75. The molecule has 0 aliphatic rings. The third kappa shape index (κ3) is 1.91. The molecule has 1 N–H and O–H groups in total. The van der Waals surface area contributed by atoms with E-state index in [4.69, 9.17) is 0 Å². The summed E-state index contributed by atoms with van der Waals surface area (Å²) >= 11 is 0. The van der Waals surface area contributed by atoms with Gasteiger partial charge in [-0.1, -0.05) is 19.6 Å². The third-order valence-electron chi connectivity index (χ3n) is 1.58. The summed E-state index contributed by atoms with van der Waals surface area (Å²) in [5.74, 6) is -0.356. The fourth-order valence-electron chi connectivity index (χ4n) is 0.861. The van der Waals surface area contributed by atoms with Crippen LogP contribution < -0.4 is 0 Å². The van der Waals surface area contributed by atoms with E-state index in [2.05, 4.69) is 24.6 Å². The number of aromatic nitrogens is 2. The van der Waals surface area contributed by atoms with Crippen LogP contribution in [0, 0.1) is 0 Å². The van der Waals surface area contributed by atoms with Gasteiger partial charge < -0.3 is 9.67 Å². The number of aliphatic hydroxyl groups is 1. The van der Waals surface area contributed by atoms with Gasteiger partial charge in [0.25, 0.3) is 0 Å². The Morgan fingerprint density at radius 1 is 1.45 bits per heavy atom. The largest absolute Gasteiger partial charge is 0.377 e. The van der Waals surface area contributed by atoms with Gasteiger partial charge in [-0.2, -0.15) is 0 Å². The monoisotopic (exact) mass is 170 g/mol. The van der Waals surface area contributed by atoms with Crippen molar-refractivity contribution in [1.29, 1.82) is 0 Å². The third-order valence-corrected chi connectivity index (χ3v) is 3.43. The van der Waals surface area contributed by atoms with Crippen molar-refractivity contribution in [2.24, 2.45) is 0 Å². The van der Waals surface area contributed by atoms with E-state index >= 15 is 0 Å². The Kier molecular flexibility index (Phi) is 2.15. The standard InChI is InChI=1S/C7H14N2OSi/c1-11(2,3)7(10)9-5-4-8-6-9/h4-7,10H,1-3H3. The van der Waals surface area contributed by atoms with Crippen molar-refractivity contribution < 1.29 is 5.11 Å². The molecule has 1 unspecified atom stereocenters. The predicted molar refractivity (Wildman–Crippen MR) is 46.8 cm³/mol. The van der Waals surface area contributed by atoms with Crippen molar-refractivity contribution in [3.8, 4) is 0 Å². The molecular weight excluding hydrogens is 156 g/mol. The maximum Gasteiger partial charge on any atom is 0.116 e. The highest BCUT2D eigenvalue weighted by Gasteiger charge is 2.25. The fraction of sp³-hybridized carbons (Fsp3) is 0.571. The minimum Gasteiger partial charge on any atom is -0.377 e. The van der Waals surface area contributed by atoms with Crippen LogP contribution >= 0.6 is 0 Å². The van der Waals surface area contributed by atoms with E-state index in [1.54, 1.807) is 23.3 Å². The minimum atomic E-state index is -1.49. The molecule has 0 saturated carbocycles. The van der Waals surface area contributed by atoms with E-state index in [9.17, 15) is 5.11 Å². The lowest BCUT2D eigenvalue weighted by atomic mass is 10.9. The van der Waals surface area contributed by atoms with Crippen molar-refractivity contribution in [3.05, 3.63) is 18.7 Å². The molecule has 1 aromatic heterocycles. The Hall–Kier alpha value is -0.613. The molecule has 62 valence electrons. The summed E-state index contributed by atoms with van der Waals surface area (Å²) in [4.78, 5) is 3.88. The maximum atomic E-state index is 9.73. The van der Waals surface area contributed by atoms with Crippen LogP contribution in [0.4, 0.5) is 0 Å². The normalized spacial score (nSPS) is 14.9. The Bertz CT molecular complexity index is 215. The molecule has 1 aromatic rings. The van der Waals surface area contributed by atoms with Gasteiger partial charge in [-0.05, 0) is 0 Å². The average Bonchev–Trinajstić information content (AvgIpc) is 2.34. The van der Waals surface area contributed by atoms with Crippen molar-refractivity contribution in [1.82, 2.24) is 9.55 Å². The van der Waals surface area contributed by atoms with Crippen LogP contribution in [0.15, 0.2) is 18.7 Å². The summed E-state index contributed by atoms with van der Waals surface area (Å²) in [7, 11) is -1.49. The quantitative estimate of drug-likeness (QED) is 0.678. The van der Waals surface area contributed by atoms with E-state index in [1.807, 2.05) is 0 Å². The molecule has 0 aliphatic heterocycles. The Balaban J connectivity index is 2.78. The Morgan fingerprint density at radius 3 is 2.45 bits per heavy atom. The summed E-state index contributed by atoms with van der Waals surface area (Å²) in [6, 6.07) is 0. The van der Waals surface area contributed by atoms with Crippen molar-refractivity contribution >= 4 is 8.07 Å². The van der Waals surface area contributed by atoms with Crippen molar-refractivity contribution in [2.45, 2.75) is 25.5 Å². The molecule has 0 saturated heterocycles. The molecule has 11 heavy (non-hydrogen) atoms. The zero-order valence-corrected chi connectivity index (χ0v) is 8.15. The molecular formula is C7H14N2OSi. The molecule has 0 bridgehead atoms. The van der Waals surface area contributed by atoms with E-state index in [1.165, 1.54) is 0 Å². The van der Waals surface area contributed by atoms with E-state index in [-0.39, 0.29) is 5.85 Å². The molecule has 0 amide bonds. The second kappa shape index (κ2) is 2.79. The molecule has 1 rings (SSSR count). The number of hydrogen-bond donors (Lipinski definition) is 1. The maximum absolute atomic E-state index is 9.73. The first-order valence-corrected chi connectivity index (χ1v) is 7.25. The highest BCUT2D eigenvalue weighted by atomic mass is 28.3. The molecule has 1 atom stereocenters. The lowest BCUT2D eigenvalue weighted by molar-refractivity contribution is 0.177. The number of nitrogens with zero attached hydrogens (tertiary/aromatic N) is 2. The molecule has 0 fully saturated rings. The molecule has 0 radical (unpaired) electrons. The SMILES string of the molecule is C[Si](C)(C)C(O)n1ccnc1. The molecule has 1 heterocycles. The van der Waals surface area contributed by atoms with Gasteiger partial charge in [0, 0.05) is 12.4 Å². The van der Waals surface area contributed by atoms with Crippen LogP contribution in [0.25, 0.3) is 0 Å². The van der Waals surface area contributed by atoms with E-state index < -0.39 is 8.07 Å². The fourth-order valence-corrected chi connectivity index (χ4v) is 1.91. The van der Waals surface area contributed by atoms with Gasteiger partial charge in [-0.3, -0.25) is 0 Å². The molecule has 0 spiro atoms. The number of imidazole rings is 1. The molecule has 0 aromatic carbocycles. The molecule has 3 nitrogen and oxygen atoms in total. The summed E-state index contributed by atoms with van der Waals surface area (Å²) in [5, 5.41) is 9.73. The van der Waals surface area contributed by atoms with E-state index in [0.717, 1.165) is 0 Å². The van der Waals surface area contributed by atoms with Crippen LogP contribution in [0.3, 0.4) is 0 Å². The number of aliphatic hydroxyl groups excluding tert-OH is 1. The first-order chi connectivity index (χ1) is 5.02. The highest BCUT2D eigenvalue weighted by Crippen LogP contribution is 2.16. The second-order valence-corrected chi connectivity index (χ2v) is 9.00. The Morgan fingerprint density at radius 2 is 2.09 bits per heavy atom. The lowest BCUT2D eigenvalue weighted by Crippen LogP contribution is -2.34. The van der Waals surface area contributed by atoms with Crippen LogP contribution in [0.5, 0.6) is 0 Å². The smallest absolute Gasteiger partial charge is 0.116 e. The van der Waals surface area contributed by atoms with Crippen LogP contribution in [-0.2, 0) is 0 Å². The molecule has 4 heteroatoms. The molecule has 0 aliphatic carbocycles. The van der Waals surface area contributed by atoms with Crippen LogP contribution in [0.2, 0.25) is 19.6 Å². The van der Waals surface area contributed by atoms with Crippen LogP contribution in [-0.4, -0.2) is 22.7 Å². The zero-order valence-electron chi connectivity index (χ0n) is 7.15. The van der Waals surface area contributed by atoms with Gasteiger partial charge in [0.2, 0.25) is 0 Å². The van der Waals surface area contributed by atoms with Crippen molar-refractivity contribution in [2.75, 3.05) is 0 Å². The van der Waals surface area contributed by atoms with Gasteiger partial charge in [0.15, 0.2) is 0 Å². The number of rotatable bonds is 2. The number of hydrogen-bond acceptors (Lipinski definition) is 2. The van der Waals surface area contributed by atoms with Gasteiger partial charge in [0.1, 0.15) is 13.9 Å². The van der Waals surface area contributed by atoms with Crippen molar-refractivity contribution in [3.63, 3.8) is 0 Å². The highest BCUT2D eigenvalue weighted by molar-refractivity contribution is 6.76. The van der Waals surface area contributed by atoms with Gasteiger partial charge in [0.05, 0.1) is 6.33 Å².